The highest BCUT2D eigenvalue weighted by molar-refractivity contribution is 6.30. The van der Waals surface area contributed by atoms with Crippen molar-refractivity contribution in [3.8, 4) is 0 Å². The van der Waals surface area contributed by atoms with E-state index in [0.717, 1.165) is 0 Å². The lowest BCUT2D eigenvalue weighted by Crippen LogP contribution is -2.25. The molecule has 0 aliphatic heterocycles. The van der Waals surface area contributed by atoms with E-state index in [9.17, 15) is 8.78 Å². The normalized spacial score (nSPS) is 12.2. The maximum absolute atomic E-state index is 13.2. The maximum Gasteiger partial charge on any atom is 0.289 e. The summed E-state index contributed by atoms with van der Waals surface area (Å²) in [5.41, 5.74) is 4.87. The first-order chi connectivity index (χ1) is 5.90. The number of nitrogens with zero attached hydrogens (tertiary/aromatic N) is 2. The van der Waals surface area contributed by atoms with Crippen molar-refractivity contribution < 1.29 is 8.78 Å². The summed E-state index contributed by atoms with van der Waals surface area (Å²) < 4.78 is 27.5. The highest BCUT2D eigenvalue weighted by Gasteiger charge is 2.36. The molecule has 1 heterocycles. The zero-order valence-electron chi connectivity index (χ0n) is 7.31. The smallest absolute Gasteiger partial charge is 0.289 e. The molecular formula is C7H10ClF2N3. The van der Waals surface area contributed by atoms with Gasteiger partial charge in [0.25, 0.3) is 5.92 Å². The lowest BCUT2D eigenvalue weighted by atomic mass is 10.1. The molecular weight excluding hydrogens is 200 g/mol. The van der Waals surface area contributed by atoms with Gasteiger partial charge in [-0.2, -0.15) is 13.9 Å². The minimum Gasteiger partial charge on any atom is -0.325 e. The molecule has 1 aromatic heterocycles. The van der Waals surface area contributed by atoms with E-state index in [1.165, 1.54) is 18.7 Å². The molecule has 0 atom stereocenters. The van der Waals surface area contributed by atoms with Crippen LogP contribution in [0.15, 0.2) is 0 Å². The van der Waals surface area contributed by atoms with Crippen LogP contribution >= 0.6 is 11.6 Å². The van der Waals surface area contributed by atoms with Crippen molar-refractivity contribution in [3.63, 3.8) is 0 Å². The predicted octanol–water partition coefficient (Wildman–Crippen LogP) is 1.43. The molecule has 0 amide bonds. The summed E-state index contributed by atoms with van der Waals surface area (Å²) in [4.78, 5) is 0. The van der Waals surface area contributed by atoms with Crippen LogP contribution in [0, 0.1) is 6.92 Å². The molecule has 0 saturated carbocycles. The number of hydrogen-bond acceptors (Lipinski definition) is 2. The first kappa shape index (κ1) is 10.4. The molecule has 0 spiro atoms. The lowest BCUT2D eigenvalue weighted by Gasteiger charge is -2.13. The van der Waals surface area contributed by atoms with Gasteiger partial charge in [0.15, 0.2) is 0 Å². The monoisotopic (exact) mass is 209 g/mol. The second-order valence-electron chi connectivity index (χ2n) is 2.78. The summed E-state index contributed by atoms with van der Waals surface area (Å²) in [5.74, 6) is -3.10. The molecule has 0 aromatic carbocycles. The van der Waals surface area contributed by atoms with Gasteiger partial charge < -0.3 is 5.73 Å². The van der Waals surface area contributed by atoms with Crippen LogP contribution in [0.2, 0.25) is 5.15 Å². The van der Waals surface area contributed by atoms with Gasteiger partial charge >= 0.3 is 0 Å². The summed E-state index contributed by atoms with van der Waals surface area (Å²) in [6.07, 6.45) is 0. The van der Waals surface area contributed by atoms with Crippen molar-refractivity contribution in [1.82, 2.24) is 9.78 Å². The van der Waals surface area contributed by atoms with Crippen LogP contribution in [-0.2, 0) is 13.0 Å². The highest BCUT2D eigenvalue weighted by Crippen LogP contribution is 2.34. The Hall–Kier alpha value is -0.680. The van der Waals surface area contributed by atoms with Crippen LogP contribution in [0.3, 0.4) is 0 Å². The Morgan fingerprint density at radius 3 is 2.46 bits per heavy atom. The third-order valence-electron chi connectivity index (χ3n) is 1.77. The van der Waals surface area contributed by atoms with Crippen LogP contribution in [0.25, 0.3) is 0 Å². The van der Waals surface area contributed by atoms with Gasteiger partial charge in [0, 0.05) is 7.05 Å². The van der Waals surface area contributed by atoms with Gasteiger partial charge in [0.05, 0.1) is 17.8 Å². The molecule has 2 N–H and O–H groups in total. The number of alkyl halides is 2. The summed E-state index contributed by atoms with van der Waals surface area (Å²) in [6, 6.07) is 0. The molecule has 1 rings (SSSR count). The highest BCUT2D eigenvalue weighted by atomic mass is 35.5. The molecule has 0 fully saturated rings. The van der Waals surface area contributed by atoms with E-state index >= 15 is 0 Å². The summed E-state index contributed by atoms with van der Waals surface area (Å²) in [7, 11) is 1.51. The predicted molar refractivity (Wildman–Crippen MR) is 45.9 cm³/mol. The Bertz CT molecular complexity index is 322. The second kappa shape index (κ2) is 3.23. The number of aromatic nitrogens is 2. The largest absolute Gasteiger partial charge is 0.325 e. The number of rotatable bonds is 2. The van der Waals surface area contributed by atoms with Crippen molar-refractivity contribution in [2.24, 2.45) is 12.8 Å². The third-order valence-corrected chi connectivity index (χ3v) is 2.21. The van der Waals surface area contributed by atoms with E-state index in [0.29, 0.717) is 0 Å². The molecule has 13 heavy (non-hydrogen) atoms. The van der Waals surface area contributed by atoms with Crippen molar-refractivity contribution in [2.45, 2.75) is 12.8 Å². The number of halogens is 3. The third kappa shape index (κ3) is 1.66. The fourth-order valence-electron chi connectivity index (χ4n) is 1.15. The van der Waals surface area contributed by atoms with Gasteiger partial charge in [-0.05, 0) is 6.92 Å². The van der Waals surface area contributed by atoms with Crippen molar-refractivity contribution in [3.05, 3.63) is 16.4 Å². The van der Waals surface area contributed by atoms with Crippen molar-refractivity contribution in [2.75, 3.05) is 6.54 Å². The molecule has 0 aliphatic rings. The zero-order valence-corrected chi connectivity index (χ0v) is 8.07. The molecule has 0 saturated heterocycles. The molecule has 0 bridgehead atoms. The van der Waals surface area contributed by atoms with Gasteiger partial charge in [0.1, 0.15) is 5.15 Å². The topological polar surface area (TPSA) is 43.8 Å². The van der Waals surface area contributed by atoms with Crippen LogP contribution < -0.4 is 5.73 Å². The Kier molecular flexibility index (Phi) is 2.58. The fourth-order valence-corrected chi connectivity index (χ4v) is 1.46. The molecule has 1 aromatic rings. The zero-order chi connectivity index (χ0) is 10.2. The van der Waals surface area contributed by atoms with Crippen LogP contribution in [0.1, 0.15) is 11.3 Å². The van der Waals surface area contributed by atoms with E-state index < -0.39 is 12.5 Å². The van der Waals surface area contributed by atoms with Crippen LogP contribution in [0.4, 0.5) is 8.78 Å². The maximum atomic E-state index is 13.2. The number of nitrogens with two attached hydrogens (primary N) is 1. The van der Waals surface area contributed by atoms with Gasteiger partial charge in [-0.1, -0.05) is 11.6 Å². The fraction of sp³-hybridized carbons (Fsp3) is 0.571. The van der Waals surface area contributed by atoms with Crippen LogP contribution in [-0.4, -0.2) is 16.3 Å². The SMILES string of the molecule is Cc1nn(C)c(Cl)c1C(F)(F)CN. The van der Waals surface area contributed by atoms with Gasteiger partial charge in [-0.15, -0.1) is 0 Å². The molecule has 6 heteroatoms. The molecule has 74 valence electrons. The Balaban J connectivity index is 3.28. The molecule has 0 radical (unpaired) electrons. The first-order valence-electron chi connectivity index (χ1n) is 3.67. The molecule has 0 unspecified atom stereocenters. The van der Waals surface area contributed by atoms with E-state index in [-0.39, 0.29) is 16.4 Å². The number of aryl methyl sites for hydroxylation is 2. The van der Waals surface area contributed by atoms with Crippen molar-refractivity contribution in [1.29, 1.82) is 0 Å². The van der Waals surface area contributed by atoms with E-state index in [1.54, 1.807) is 0 Å². The average Bonchev–Trinajstić information content (AvgIpc) is 2.27. The van der Waals surface area contributed by atoms with Crippen LogP contribution in [0.5, 0.6) is 0 Å². The summed E-state index contributed by atoms with van der Waals surface area (Å²) in [5, 5.41) is 3.71. The quantitative estimate of drug-likeness (QED) is 0.801. The van der Waals surface area contributed by atoms with Gasteiger partial charge in [-0.3, -0.25) is 4.68 Å². The molecule has 0 aliphatic carbocycles. The van der Waals surface area contributed by atoms with E-state index in [2.05, 4.69) is 5.10 Å². The van der Waals surface area contributed by atoms with E-state index in [1.807, 2.05) is 0 Å². The Labute approximate surface area is 79.5 Å². The first-order valence-corrected chi connectivity index (χ1v) is 4.05. The lowest BCUT2D eigenvalue weighted by molar-refractivity contribution is 0.00539. The minimum absolute atomic E-state index is 0.0621. The van der Waals surface area contributed by atoms with Crippen molar-refractivity contribution >= 4 is 11.6 Å². The Morgan fingerprint density at radius 2 is 2.15 bits per heavy atom. The van der Waals surface area contributed by atoms with E-state index in [4.69, 9.17) is 17.3 Å². The van der Waals surface area contributed by atoms with Gasteiger partial charge in [0.2, 0.25) is 0 Å². The summed E-state index contributed by atoms with van der Waals surface area (Å²) >= 11 is 5.64. The average molecular weight is 210 g/mol. The molecule has 3 nitrogen and oxygen atoms in total. The second-order valence-corrected chi connectivity index (χ2v) is 3.14. The standard InChI is InChI=1S/C7H10ClF2N3/c1-4-5(7(9,10)3-11)6(8)13(2)12-4/h3,11H2,1-2H3. The minimum atomic E-state index is -3.10. The number of hydrogen-bond donors (Lipinski definition) is 1. The Morgan fingerprint density at radius 1 is 1.62 bits per heavy atom. The summed E-state index contributed by atoms with van der Waals surface area (Å²) in [6.45, 7) is 0.712. The van der Waals surface area contributed by atoms with Gasteiger partial charge in [-0.25, -0.2) is 0 Å².